The fraction of sp³-hybridized carbons (Fsp3) is 0.700. The van der Waals surface area contributed by atoms with Crippen molar-refractivity contribution in [3.05, 3.63) is 5.01 Å². The van der Waals surface area contributed by atoms with E-state index < -0.39 is 0 Å². The molecule has 0 saturated carbocycles. The minimum atomic E-state index is -0.0599. The lowest BCUT2D eigenvalue weighted by Gasteiger charge is -2.17. The molecule has 0 radical (unpaired) electrons. The van der Waals surface area contributed by atoms with Crippen molar-refractivity contribution in [2.24, 2.45) is 5.92 Å². The normalized spacial score (nSPS) is 10.6. The predicted molar refractivity (Wildman–Crippen MR) is 65.9 cm³/mol. The van der Waals surface area contributed by atoms with Gasteiger partial charge in [0.25, 0.3) is 5.91 Å². The van der Waals surface area contributed by atoms with Gasteiger partial charge in [0, 0.05) is 20.1 Å². The Labute approximate surface area is 99.9 Å². The molecule has 90 valence electrons. The number of carbonyl (C=O) groups excluding carboxylic acids is 1. The van der Waals surface area contributed by atoms with Crippen LogP contribution in [0.4, 0.5) is 5.13 Å². The summed E-state index contributed by atoms with van der Waals surface area (Å²) in [6.45, 7) is 7.65. The Morgan fingerprint density at radius 1 is 1.50 bits per heavy atom. The Hall–Kier alpha value is -1.17. The molecule has 0 atom stereocenters. The molecule has 1 N–H and O–H groups in total. The molecule has 0 aromatic carbocycles. The van der Waals surface area contributed by atoms with Crippen LogP contribution < -0.4 is 5.32 Å². The molecule has 1 amide bonds. The number of anilines is 1. The molecule has 1 aromatic rings. The van der Waals surface area contributed by atoms with Crippen molar-refractivity contribution in [1.29, 1.82) is 0 Å². The smallest absolute Gasteiger partial charge is 0.284 e. The zero-order valence-electron chi connectivity index (χ0n) is 10.1. The van der Waals surface area contributed by atoms with Crippen molar-refractivity contribution in [1.82, 2.24) is 15.1 Å². The number of aromatic nitrogens is 2. The van der Waals surface area contributed by atoms with Crippen LogP contribution in [0.3, 0.4) is 0 Å². The predicted octanol–water partition coefficient (Wildman–Crippen LogP) is 1.70. The summed E-state index contributed by atoms with van der Waals surface area (Å²) in [6, 6.07) is 0. The van der Waals surface area contributed by atoms with Crippen LogP contribution in [0.25, 0.3) is 0 Å². The molecule has 1 rings (SSSR count). The van der Waals surface area contributed by atoms with Crippen molar-refractivity contribution >= 4 is 22.4 Å². The highest BCUT2D eigenvalue weighted by Gasteiger charge is 2.17. The molecule has 5 nitrogen and oxygen atoms in total. The molecule has 0 aliphatic rings. The maximum atomic E-state index is 11.9. The molecule has 0 unspecified atom stereocenters. The fourth-order valence-corrected chi connectivity index (χ4v) is 2.13. The molecule has 0 bridgehead atoms. The van der Waals surface area contributed by atoms with Gasteiger partial charge in [0.2, 0.25) is 10.1 Å². The van der Waals surface area contributed by atoms with Crippen LogP contribution in [-0.4, -0.2) is 41.1 Å². The van der Waals surface area contributed by atoms with Crippen molar-refractivity contribution in [2.75, 3.05) is 25.5 Å². The average Bonchev–Trinajstić information content (AvgIpc) is 2.64. The molecule has 0 spiro atoms. The second-order valence-electron chi connectivity index (χ2n) is 4.02. The Bertz CT molecular complexity index is 350. The SMILES string of the molecule is CCNc1nnc(C(=O)N(C)CC(C)C)s1. The van der Waals surface area contributed by atoms with Crippen LogP contribution in [0.2, 0.25) is 0 Å². The van der Waals surface area contributed by atoms with Crippen molar-refractivity contribution in [3.63, 3.8) is 0 Å². The van der Waals surface area contributed by atoms with Gasteiger partial charge < -0.3 is 10.2 Å². The van der Waals surface area contributed by atoms with Gasteiger partial charge in [-0.05, 0) is 12.8 Å². The van der Waals surface area contributed by atoms with Crippen LogP contribution in [0.5, 0.6) is 0 Å². The minimum absolute atomic E-state index is 0.0599. The van der Waals surface area contributed by atoms with Crippen molar-refractivity contribution in [3.8, 4) is 0 Å². The number of rotatable bonds is 5. The first-order chi connectivity index (χ1) is 7.54. The molecule has 0 aliphatic carbocycles. The summed E-state index contributed by atoms with van der Waals surface area (Å²) in [5.41, 5.74) is 0. The van der Waals surface area contributed by atoms with E-state index in [1.54, 1.807) is 11.9 Å². The van der Waals surface area contributed by atoms with Crippen molar-refractivity contribution in [2.45, 2.75) is 20.8 Å². The molecular formula is C10H18N4OS. The lowest BCUT2D eigenvalue weighted by Crippen LogP contribution is -2.30. The van der Waals surface area contributed by atoms with Gasteiger partial charge in [0.05, 0.1) is 0 Å². The summed E-state index contributed by atoms with van der Waals surface area (Å²) in [5.74, 6) is 0.394. The van der Waals surface area contributed by atoms with Gasteiger partial charge >= 0.3 is 0 Å². The van der Waals surface area contributed by atoms with E-state index in [0.717, 1.165) is 13.1 Å². The quantitative estimate of drug-likeness (QED) is 0.853. The highest BCUT2D eigenvalue weighted by atomic mass is 32.1. The van der Waals surface area contributed by atoms with E-state index in [-0.39, 0.29) is 5.91 Å². The van der Waals surface area contributed by atoms with E-state index in [1.807, 2.05) is 6.92 Å². The standard InChI is InChI=1S/C10H18N4OS/c1-5-11-10-13-12-8(16-10)9(15)14(4)6-7(2)3/h7H,5-6H2,1-4H3,(H,11,13). The minimum Gasteiger partial charge on any atom is -0.360 e. The van der Waals surface area contributed by atoms with E-state index in [0.29, 0.717) is 16.1 Å². The average molecular weight is 242 g/mol. The molecule has 0 saturated heterocycles. The zero-order valence-corrected chi connectivity index (χ0v) is 11.0. The summed E-state index contributed by atoms with van der Waals surface area (Å²) >= 11 is 1.30. The molecule has 16 heavy (non-hydrogen) atoms. The third-order valence-electron chi connectivity index (χ3n) is 1.92. The second kappa shape index (κ2) is 5.79. The van der Waals surface area contributed by atoms with Gasteiger partial charge in [-0.3, -0.25) is 4.79 Å². The van der Waals surface area contributed by atoms with E-state index in [9.17, 15) is 4.79 Å². The first-order valence-corrected chi connectivity index (χ1v) is 6.19. The van der Waals surface area contributed by atoms with Crippen LogP contribution in [0.15, 0.2) is 0 Å². The van der Waals surface area contributed by atoms with Crippen LogP contribution in [-0.2, 0) is 0 Å². The molecule has 0 fully saturated rings. The van der Waals surface area contributed by atoms with Gasteiger partial charge in [0.1, 0.15) is 0 Å². The maximum Gasteiger partial charge on any atom is 0.284 e. The molecule has 1 heterocycles. The lowest BCUT2D eigenvalue weighted by molar-refractivity contribution is 0.0778. The Morgan fingerprint density at radius 3 is 2.75 bits per heavy atom. The topological polar surface area (TPSA) is 58.1 Å². The lowest BCUT2D eigenvalue weighted by atomic mass is 10.2. The number of hydrogen-bond donors (Lipinski definition) is 1. The summed E-state index contributed by atoms with van der Waals surface area (Å²) in [4.78, 5) is 13.6. The van der Waals surface area contributed by atoms with Gasteiger partial charge in [-0.15, -0.1) is 10.2 Å². The van der Waals surface area contributed by atoms with E-state index in [2.05, 4.69) is 29.4 Å². The number of nitrogens with zero attached hydrogens (tertiary/aromatic N) is 3. The fourth-order valence-electron chi connectivity index (χ4n) is 1.33. The number of amides is 1. The molecular weight excluding hydrogens is 224 g/mol. The Kier molecular flexibility index (Phi) is 4.67. The van der Waals surface area contributed by atoms with Gasteiger partial charge in [-0.25, -0.2) is 0 Å². The van der Waals surface area contributed by atoms with Gasteiger partial charge in [0.15, 0.2) is 0 Å². The second-order valence-corrected chi connectivity index (χ2v) is 5.00. The number of hydrogen-bond acceptors (Lipinski definition) is 5. The summed E-state index contributed by atoms with van der Waals surface area (Å²) in [7, 11) is 1.79. The third-order valence-corrected chi connectivity index (χ3v) is 2.79. The van der Waals surface area contributed by atoms with Crippen LogP contribution >= 0.6 is 11.3 Å². The first kappa shape index (κ1) is 12.9. The van der Waals surface area contributed by atoms with Gasteiger partial charge in [-0.1, -0.05) is 25.2 Å². The molecule has 1 aromatic heterocycles. The largest absolute Gasteiger partial charge is 0.360 e. The maximum absolute atomic E-state index is 11.9. The van der Waals surface area contributed by atoms with Crippen molar-refractivity contribution < 1.29 is 4.79 Å². The van der Waals surface area contributed by atoms with E-state index >= 15 is 0 Å². The van der Waals surface area contributed by atoms with Crippen LogP contribution in [0.1, 0.15) is 30.6 Å². The number of nitrogens with one attached hydrogen (secondary N) is 1. The Balaban J connectivity index is 2.64. The third kappa shape index (κ3) is 3.44. The molecule has 0 aliphatic heterocycles. The van der Waals surface area contributed by atoms with Gasteiger partial charge in [-0.2, -0.15) is 0 Å². The summed E-state index contributed by atoms with van der Waals surface area (Å²) < 4.78 is 0. The summed E-state index contributed by atoms with van der Waals surface area (Å²) in [6.07, 6.45) is 0. The highest BCUT2D eigenvalue weighted by Crippen LogP contribution is 2.16. The highest BCUT2D eigenvalue weighted by molar-refractivity contribution is 7.17. The zero-order chi connectivity index (χ0) is 12.1. The monoisotopic (exact) mass is 242 g/mol. The Morgan fingerprint density at radius 2 is 2.19 bits per heavy atom. The van der Waals surface area contributed by atoms with Crippen LogP contribution in [0, 0.1) is 5.92 Å². The molecule has 6 heteroatoms. The number of carbonyl (C=O) groups is 1. The first-order valence-electron chi connectivity index (χ1n) is 5.37. The summed E-state index contributed by atoms with van der Waals surface area (Å²) in [5, 5.41) is 12.0. The van der Waals surface area contributed by atoms with E-state index in [1.165, 1.54) is 11.3 Å². The van der Waals surface area contributed by atoms with E-state index in [4.69, 9.17) is 0 Å².